The summed E-state index contributed by atoms with van der Waals surface area (Å²) in [5.74, 6) is 0.290. The maximum Gasteiger partial charge on any atom is 0.243 e. The number of hydrogen-bond donors (Lipinski definition) is 2. The molecule has 2 amide bonds. The first-order valence-electron chi connectivity index (χ1n) is 7.59. The predicted octanol–water partition coefficient (Wildman–Crippen LogP) is 1.88. The summed E-state index contributed by atoms with van der Waals surface area (Å²) < 4.78 is 18.8. The van der Waals surface area contributed by atoms with Crippen molar-refractivity contribution in [3.63, 3.8) is 0 Å². The summed E-state index contributed by atoms with van der Waals surface area (Å²) in [5.41, 5.74) is 0.505. The molecule has 126 valence electrons. The van der Waals surface area contributed by atoms with E-state index in [2.05, 4.69) is 10.6 Å². The lowest BCUT2D eigenvalue weighted by Gasteiger charge is -2.28. The van der Waals surface area contributed by atoms with Crippen LogP contribution >= 0.6 is 11.8 Å². The Morgan fingerprint density at radius 3 is 2.88 bits per heavy atom. The molecule has 0 radical (unpaired) electrons. The fourth-order valence-corrected chi connectivity index (χ4v) is 3.64. The fourth-order valence-electron chi connectivity index (χ4n) is 2.46. The van der Waals surface area contributed by atoms with Gasteiger partial charge in [-0.05, 0) is 30.2 Å². The van der Waals surface area contributed by atoms with Crippen LogP contribution in [-0.4, -0.2) is 28.9 Å². The molecule has 0 saturated carbocycles. The standard InChI is InChI=1S/C17H17FN2O3S/c18-13-6-2-1-4-11(13)8-15-17(22)20-14(10-24-15)16(21)19-9-12-5-3-7-23-12/h1-7,14-15H,8-10H2,(H,19,21)(H,20,22). The van der Waals surface area contributed by atoms with Crippen LogP contribution < -0.4 is 10.6 Å². The van der Waals surface area contributed by atoms with Crippen LogP contribution in [0.15, 0.2) is 47.1 Å². The molecular formula is C17H17FN2O3S. The van der Waals surface area contributed by atoms with Crippen LogP contribution in [0.2, 0.25) is 0 Å². The number of carbonyl (C=O) groups is 2. The van der Waals surface area contributed by atoms with Gasteiger partial charge in [0.15, 0.2) is 0 Å². The van der Waals surface area contributed by atoms with Crippen molar-refractivity contribution in [1.82, 2.24) is 10.6 Å². The van der Waals surface area contributed by atoms with E-state index >= 15 is 0 Å². The molecule has 2 atom stereocenters. The highest BCUT2D eigenvalue weighted by Gasteiger charge is 2.32. The lowest BCUT2D eigenvalue weighted by molar-refractivity contribution is -0.128. The van der Waals surface area contributed by atoms with Gasteiger partial charge < -0.3 is 15.1 Å². The monoisotopic (exact) mass is 348 g/mol. The molecule has 2 N–H and O–H groups in total. The molecule has 0 bridgehead atoms. The third-order valence-electron chi connectivity index (χ3n) is 3.77. The number of hydrogen-bond acceptors (Lipinski definition) is 4. The van der Waals surface area contributed by atoms with E-state index in [4.69, 9.17) is 4.42 Å². The Morgan fingerprint density at radius 1 is 1.33 bits per heavy atom. The maximum atomic E-state index is 13.7. The summed E-state index contributed by atoms with van der Waals surface area (Å²) in [7, 11) is 0. The molecule has 1 aromatic carbocycles. The summed E-state index contributed by atoms with van der Waals surface area (Å²) in [4.78, 5) is 24.3. The first-order valence-corrected chi connectivity index (χ1v) is 8.64. The van der Waals surface area contributed by atoms with Crippen molar-refractivity contribution in [2.75, 3.05) is 5.75 Å². The molecule has 1 aliphatic heterocycles. The third kappa shape index (κ3) is 3.97. The first-order chi connectivity index (χ1) is 11.6. The van der Waals surface area contributed by atoms with Gasteiger partial charge in [-0.25, -0.2) is 4.39 Å². The van der Waals surface area contributed by atoms with Crippen molar-refractivity contribution in [2.24, 2.45) is 0 Å². The summed E-state index contributed by atoms with van der Waals surface area (Å²) in [5, 5.41) is 5.05. The Kier molecular flexibility index (Phi) is 5.20. The first kappa shape index (κ1) is 16.6. The molecule has 3 rings (SSSR count). The Morgan fingerprint density at radius 2 is 2.17 bits per heavy atom. The Hall–Kier alpha value is -2.28. The number of amides is 2. The largest absolute Gasteiger partial charge is 0.467 e. The van der Waals surface area contributed by atoms with Gasteiger partial charge in [0.1, 0.15) is 17.6 Å². The molecule has 2 aromatic rings. The average molecular weight is 348 g/mol. The zero-order valence-electron chi connectivity index (χ0n) is 12.8. The van der Waals surface area contributed by atoms with Crippen molar-refractivity contribution >= 4 is 23.6 Å². The van der Waals surface area contributed by atoms with Gasteiger partial charge in [-0.1, -0.05) is 18.2 Å². The molecule has 1 saturated heterocycles. The number of carbonyl (C=O) groups excluding carboxylic acids is 2. The molecule has 0 spiro atoms. The second-order valence-corrected chi connectivity index (χ2v) is 6.71. The van der Waals surface area contributed by atoms with Crippen LogP contribution in [-0.2, 0) is 22.6 Å². The van der Waals surface area contributed by atoms with Crippen molar-refractivity contribution in [2.45, 2.75) is 24.3 Å². The van der Waals surface area contributed by atoms with E-state index < -0.39 is 11.3 Å². The van der Waals surface area contributed by atoms with Crippen LogP contribution in [0.4, 0.5) is 4.39 Å². The van der Waals surface area contributed by atoms with E-state index in [1.54, 1.807) is 30.3 Å². The quantitative estimate of drug-likeness (QED) is 0.865. The molecule has 2 heterocycles. The Labute approximate surface area is 143 Å². The van der Waals surface area contributed by atoms with E-state index in [-0.39, 0.29) is 24.2 Å². The molecule has 1 aliphatic rings. The van der Waals surface area contributed by atoms with Crippen LogP contribution in [0.5, 0.6) is 0 Å². The van der Waals surface area contributed by atoms with Gasteiger partial charge in [0, 0.05) is 5.75 Å². The minimum absolute atomic E-state index is 0.243. The normalized spacial score (nSPS) is 20.5. The zero-order chi connectivity index (χ0) is 16.9. The highest BCUT2D eigenvalue weighted by Crippen LogP contribution is 2.23. The highest BCUT2D eigenvalue weighted by molar-refractivity contribution is 8.00. The molecule has 5 nitrogen and oxygen atoms in total. The van der Waals surface area contributed by atoms with Crippen LogP contribution in [0.1, 0.15) is 11.3 Å². The minimum Gasteiger partial charge on any atom is -0.467 e. The zero-order valence-corrected chi connectivity index (χ0v) is 13.6. The van der Waals surface area contributed by atoms with E-state index in [9.17, 15) is 14.0 Å². The molecule has 0 aliphatic carbocycles. The van der Waals surface area contributed by atoms with Crippen molar-refractivity contribution in [1.29, 1.82) is 0 Å². The van der Waals surface area contributed by atoms with Gasteiger partial charge in [0.05, 0.1) is 18.1 Å². The summed E-state index contributed by atoms with van der Waals surface area (Å²) >= 11 is 1.37. The summed E-state index contributed by atoms with van der Waals surface area (Å²) in [6.07, 6.45) is 1.84. The van der Waals surface area contributed by atoms with E-state index in [0.717, 1.165) is 0 Å². The smallest absolute Gasteiger partial charge is 0.243 e. The number of rotatable bonds is 5. The lowest BCUT2D eigenvalue weighted by Crippen LogP contribution is -2.54. The second kappa shape index (κ2) is 7.53. The highest BCUT2D eigenvalue weighted by atomic mass is 32.2. The molecular weight excluding hydrogens is 331 g/mol. The van der Waals surface area contributed by atoms with Gasteiger partial charge >= 0.3 is 0 Å². The van der Waals surface area contributed by atoms with E-state index in [1.165, 1.54) is 24.1 Å². The summed E-state index contributed by atoms with van der Waals surface area (Å²) in [6.45, 7) is 0.279. The van der Waals surface area contributed by atoms with Gasteiger partial charge in [-0.3, -0.25) is 9.59 Å². The molecule has 7 heteroatoms. The van der Waals surface area contributed by atoms with Crippen molar-refractivity contribution < 1.29 is 18.4 Å². The number of thioether (sulfide) groups is 1. The number of halogens is 1. The van der Waals surface area contributed by atoms with Crippen LogP contribution in [0.3, 0.4) is 0 Å². The number of benzene rings is 1. The lowest BCUT2D eigenvalue weighted by atomic mass is 10.1. The number of nitrogens with one attached hydrogen (secondary N) is 2. The third-order valence-corrected chi connectivity index (χ3v) is 5.08. The fraction of sp³-hybridized carbons (Fsp3) is 0.294. The minimum atomic E-state index is -0.589. The molecule has 1 aromatic heterocycles. The SMILES string of the molecule is O=C(NCc1ccco1)C1CSC(Cc2ccccc2F)C(=O)N1. The van der Waals surface area contributed by atoms with Gasteiger partial charge in [-0.2, -0.15) is 0 Å². The van der Waals surface area contributed by atoms with E-state index in [0.29, 0.717) is 23.5 Å². The Balaban J connectivity index is 1.52. The van der Waals surface area contributed by atoms with Gasteiger partial charge in [0.25, 0.3) is 0 Å². The second-order valence-electron chi connectivity index (χ2n) is 5.48. The Bertz CT molecular complexity index is 720. The molecule has 1 fully saturated rings. The summed E-state index contributed by atoms with van der Waals surface area (Å²) in [6, 6.07) is 9.33. The van der Waals surface area contributed by atoms with Crippen LogP contribution in [0.25, 0.3) is 0 Å². The van der Waals surface area contributed by atoms with Crippen LogP contribution in [0, 0.1) is 5.82 Å². The predicted molar refractivity (Wildman–Crippen MR) is 88.8 cm³/mol. The topological polar surface area (TPSA) is 71.3 Å². The molecule has 2 unspecified atom stereocenters. The number of furan rings is 1. The van der Waals surface area contributed by atoms with E-state index in [1.807, 2.05) is 0 Å². The van der Waals surface area contributed by atoms with Gasteiger partial charge in [0.2, 0.25) is 11.8 Å². The van der Waals surface area contributed by atoms with Crippen molar-refractivity contribution in [3.8, 4) is 0 Å². The molecule has 24 heavy (non-hydrogen) atoms. The van der Waals surface area contributed by atoms with Crippen molar-refractivity contribution in [3.05, 3.63) is 59.8 Å². The van der Waals surface area contributed by atoms with Gasteiger partial charge in [-0.15, -0.1) is 11.8 Å². The maximum absolute atomic E-state index is 13.7. The average Bonchev–Trinajstić information content (AvgIpc) is 3.10.